The van der Waals surface area contributed by atoms with Crippen LogP contribution in [0.25, 0.3) is 10.4 Å². The van der Waals surface area contributed by atoms with Crippen molar-refractivity contribution >= 4 is 17.1 Å². The lowest BCUT2D eigenvalue weighted by atomic mass is 9.90. The van der Waals surface area contributed by atoms with Gasteiger partial charge in [-0.3, -0.25) is 0 Å². The molecule has 2 bridgehead atoms. The molecule has 0 spiro atoms. The number of fused-ring (bicyclic) bond motifs is 2. The molecule has 1 N–H and O–H groups in total. The van der Waals surface area contributed by atoms with Crippen LogP contribution in [0.4, 0.5) is 0 Å². The van der Waals surface area contributed by atoms with E-state index in [9.17, 15) is 10.6 Å². The van der Waals surface area contributed by atoms with Crippen LogP contribution in [0.15, 0.2) is 23.3 Å². The molecule has 4 rings (SSSR count). The van der Waals surface area contributed by atoms with E-state index in [2.05, 4.69) is 65.4 Å². The van der Waals surface area contributed by atoms with Gasteiger partial charge in [0.25, 0.3) is 0 Å². The quantitative estimate of drug-likeness (QED) is 0.155. The fraction of sp³-hybridized carbons (Fsp3) is 0.786. The normalized spacial score (nSPS) is 32.7. The maximum Gasteiger partial charge on any atom is 0.335 e. The van der Waals surface area contributed by atoms with Gasteiger partial charge in [-0.1, -0.05) is 60.5 Å². The van der Waals surface area contributed by atoms with Crippen LogP contribution in [0.2, 0.25) is 22.2 Å². The number of rotatable bonds is 9. The topological polar surface area (TPSA) is 134 Å². The molecule has 1 aromatic rings. The molecule has 230 valence electrons. The van der Waals surface area contributed by atoms with Crippen LogP contribution in [0.3, 0.4) is 0 Å². The van der Waals surface area contributed by atoms with Gasteiger partial charge in [-0.25, -0.2) is 0 Å². The highest BCUT2D eigenvalue weighted by Crippen LogP contribution is 2.53. The number of benzene rings is 1. The minimum atomic E-state index is -2.91. The minimum absolute atomic E-state index is 0.0663. The fourth-order valence-corrected chi connectivity index (χ4v) is 17.9. The van der Waals surface area contributed by atoms with Crippen LogP contribution >= 0.6 is 0 Å². The second kappa shape index (κ2) is 12.1. The number of hydrogen-bond acceptors (Lipinski definition) is 9. The van der Waals surface area contributed by atoms with Gasteiger partial charge in [-0.15, -0.1) is 0 Å². The zero-order chi connectivity index (χ0) is 30.3. The molecule has 0 radical (unpaired) electrons. The summed E-state index contributed by atoms with van der Waals surface area (Å²) in [5.74, 6) is -0.235. The lowest BCUT2D eigenvalue weighted by molar-refractivity contribution is -0.228. The van der Waals surface area contributed by atoms with E-state index in [1.165, 1.54) is 0 Å². The molecule has 0 aliphatic carbocycles. The van der Waals surface area contributed by atoms with Gasteiger partial charge in [-0.05, 0) is 45.9 Å². The van der Waals surface area contributed by atoms with Gasteiger partial charge in [-0.2, -0.15) is 0 Å². The van der Waals surface area contributed by atoms with Gasteiger partial charge in [0.1, 0.15) is 12.2 Å². The minimum Gasteiger partial charge on any atom is -0.493 e. The molecule has 0 amide bonds. The van der Waals surface area contributed by atoms with E-state index in [0.29, 0.717) is 17.1 Å². The summed E-state index contributed by atoms with van der Waals surface area (Å²) in [4.78, 5) is 3.04. The number of ether oxygens (including phenoxy) is 4. The molecular formula is C28H47N3O8Si2. The van der Waals surface area contributed by atoms with E-state index < -0.39 is 53.4 Å². The van der Waals surface area contributed by atoms with Gasteiger partial charge in [0, 0.05) is 16.9 Å². The number of nitrogens with zero attached hydrogens (tertiary/aromatic N) is 3. The highest BCUT2D eigenvalue weighted by molar-refractivity contribution is 6.84. The number of azide groups is 1. The molecular weight excluding hydrogens is 562 g/mol. The number of aliphatic hydroxyl groups is 1. The van der Waals surface area contributed by atoms with Gasteiger partial charge in [0.2, 0.25) is 0 Å². The van der Waals surface area contributed by atoms with Crippen LogP contribution in [0, 0.1) is 0 Å². The standard InChI is InChI=1S/C28H47N3O8Si2/c1-16(2)40(17(3)4)35-15-24(38-41(39-40,18(5)6)19(7)8)26-27-25(30-31-29)21(32)14-28(36-26,37-27)20-11-12-22(33-9)23(13-20)34-10/h11-13,16-19,21,24-27,32H,14-15H2,1-10H3/t21-,24+,25+,26+,27+,28+/m0/s1. The zero-order valence-electron chi connectivity index (χ0n) is 26.0. The second-order valence-electron chi connectivity index (χ2n) is 12.6. The van der Waals surface area contributed by atoms with E-state index in [1.807, 2.05) is 6.07 Å². The van der Waals surface area contributed by atoms with Crippen molar-refractivity contribution in [2.45, 2.75) is 120 Å². The Labute approximate surface area is 245 Å². The third-order valence-corrected chi connectivity index (χ3v) is 19.2. The third-order valence-electron chi connectivity index (χ3n) is 8.91. The first-order valence-electron chi connectivity index (χ1n) is 14.6. The Morgan fingerprint density at radius 2 is 1.51 bits per heavy atom. The molecule has 6 atom stereocenters. The van der Waals surface area contributed by atoms with Crippen LogP contribution < -0.4 is 9.47 Å². The number of methoxy groups -OCH3 is 2. The Morgan fingerprint density at radius 1 is 0.927 bits per heavy atom. The van der Waals surface area contributed by atoms with Crippen molar-refractivity contribution in [3.8, 4) is 11.5 Å². The van der Waals surface area contributed by atoms with Crippen molar-refractivity contribution < 1.29 is 37.0 Å². The Balaban J connectivity index is 1.82. The molecule has 3 heterocycles. The highest BCUT2D eigenvalue weighted by Gasteiger charge is 2.64. The first-order chi connectivity index (χ1) is 19.3. The van der Waals surface area contributed by atoms with Crippen LogP contribution in [0.5, 0.6) is 11.5 Å². The fourth-order valence-electron chi connectivity index (χ4n) is 6.75. The summed E-state index contributed by atoms with van der Waals surface area (Å²) in [6, 6.07) is 4.55. The first kappa shape index (κ1) is 32.2. The summed E-state index contributed by atoms with van der Waals surface area (Å²) in [6.07, 6.45) is -2.95. The van der Waals surface area contributed by atoms with E-state index >= 15 is 0 Å². The Morgan fingerprint density at radius 3 is 2.05 bits per heavy atom. The summed E-state index contributed by atoms with van der Waals surface area (Å²) >= 11 is 0. The van der Waals surface area contributed by atoms with Crippen molar-refractivity contribution in [2.24, 2.45) is 5.11 Å². The molecule has 3 saturated heterocycles. The van der Waals surface area contributed by atoms with E-state index in [0.717, 1.165) is 0 Å². The van der Waals surface area contributed by atoms with Crippen LogP contribution in [-0.2, 0) is 28.2 Å². The Kier molecular flexibility index (Phi) is 9.54. The molecule has 3 aliphatic rings. The monoisotopic (exact) mass is 609 g/mol. The SMILES string of the molecule is COc1ccc([C@@]23C[C@H](O)[C@@H](N=[N+]=[N-])[C@@H](O2)[C@@H]([C@H]2CO[Si](C(C)C)(C(C)C)O[Si](C(C)C)(C(C)C)O2)O3)cc1OC. The molecule has 3 aliphatic heterocycles. The summed E-state index contributed by atoms with van der Waals surface area (Å²) in [7, 11) is -2.53. The number of aliphatic hydroxyl groups excluding tert-OH is 1. The van der Waals surface area contributed by atoms with Crippen molar-refractivity contribution in [1.29, 1.82) is 0 Å². The lowest BCUT2D eigenvalue weighted by Crippen LogP contribution is -2.60. The van der Waals surface area contributed by atoms with E-state index in [4.69, 9.17) is 31.9 Å². The van der Waals surface area contributed by atoms with Crippen LogP contribution in [-0.4, -0.2) is 73.5 Å². The molecule has 13 heteroatoms. The van der Waals surface area contributed by atoms with Crippen molar-refractivity contribution in [3.05, 3.63) is 34.2 Å². The molecule has 11 nitrogen and oxygen atoms in total. The number of hydrogen-bond donors (Lipinski definition) is 1. The van der Waals surface area contributed by atoms with Crippen molar-refractivity contribution in [2.75, 3.05) is 20.8 Å². The maximum absolute atomic E-state index is 11.3. The molecule has 3 fully saturated rings. The predicted molar refractivity (Wildman–Crippen MR) is 158 cm³/mol. The van der Waals surface area contributed by atoms with Gasteiger partial charge >= 0.3 is 17.1 Å². The Hall–Kier alpha value is -1.68. The zero-order valence-corrected chi connectivity index (χ0v) is 28.0. The summed E-state index contributed by atoms with van der Waals surface area (Å²) in [5, 5.41) is 15.2. The van der Waals surface area contributed by atoms with Crippen molar-refractivity contribution in [1.82, 2.24) is 0 Å². The second-order valence-corrected chi connectivity index (χ2v) is 21.4. The smallest absolute Gasteiger partial charge is 0.335 e. The summed E-state index contributed by atoms with van der Waals surface area (Å²) < 4.78 is 45.7. The molecule has 1 aromatic carbocycles. The molecule has 0 unspecified atom stereocenters. The average molecular weight is 610 g/mol. The predicted octanol–water partition coefficient (Wildman–Crippen LogP) is 6.04. The van der Waals surface area contributed by atoms with Gasteiger partial charge in [0.05, 0.1) is 39.1 Å². The largest absolute Gasteiger partial charge is 0.493 e. The maximum atomic E-state index is 11.3. The molecule has 0 saturated carbocycles. The Bertz CT molecular complexity index is 1120. The van der Waals surface area contributed by atoms with Gasteiger partial charge < -0.3 is 37.0 Å². The molecule has 0 aromatic heterocycles. The highest BCUT2D eigenvalue weighted by atomic mass is 28.5. The lowest BCUT2D eigenvalue weighted by Gasteiger charge is -2.46. The van der Waals surface area contributed by atoms with Gasteiger partial charge in [0.15, 0.2) is 17.3 Å². The summed E-state index contributed by atoms with van der Waals surface area (Å²) in [6.45, 7) is 17.6. The average Bonchev–Trinajstić information content (AvgIpc) is 3.11. The first-order valence-corrected chi connectivity index (χ1v) is 18.6. The van der Waals surface area contributed by atoms with E-state index in [-0.39, 0.29) is 35.2 Å². The third kappa shape index (κ3) is 5.45. The summed E-state index contributed by atoms with van der Waals surface area (Å²) in [5.41, 5.74) is 10.7. The molecule has 41 heavy (non-hydrogen) atoms. The van der Waals surface area contributed by atoms with Crippen molar-refractivity contribution in [3.63, 3.8) is 0 Å². The van der Waals surface area contributed by atoms with E-state index in [1.54, 1.807) is 26.4 Å². The van der Waals surface area contributed by atoms with Crippen LogP contribution in [0.1, 0.15) is 67.4 Å².